The maximum Gasteiger partial charge on any atom is 0.350 e. The third kappa shape index (κ3) is 3.21. The number of aliphatic hydroxyl groups is 1. The van der Waals surface area contributed by atoms with Crippen molar-refractivity contribution in [1.29, 1.82) is 0 Å². The Morgan fingerprint density at radius 2 is 2.29 bits per heavy atom. The molecule has 7 nitrogen and oxygen atoms in total. The molecular weight excluding hydrogens is 233 g/mol. The van der Waals surface area contributed by atoms with Gasteiger partial charge in [-0.3, -0.25) is 13.9 Å². The Balaban J connectivity index is 0.000000686. The van der Waals surface area contributed by atoms with Crippen LogP contribution in [0.3, 0.4) is 0 Å². The second-order valence-corrected chi connectivity index (χ2v) is 3.36. The number of nitrogens with one attached hydrogen (secondary N) is 1. The molecule has 0 amide bonds. The first-order valence-corrected chi connectivity index (χ1v) is 5.02. The molecule has 0 radical (unpaired) electrons. The number of alkyl halides is 1. The van der Waals surface area contributed by atoms with Crippen LogP contribution in [-0.4, -0.2) is 39.5 Å². The molecule has 1 aromatic rings. The zero-order valence-corrected chi connectivity index (χ0v) is 9.30. The standard InChI is InChI=1S/C8H11N3O4.CH3F/c12-3-5-1-2-6(15-5)11-4-9-7(13)10-8(11)14;1-2/h4-6,12H,1-3H2,(H,10,13,14);1H3. The lowest BCUT2D eigenvalue weighted by molar-refractivity contribution is -0.0252. The maximum absolute atomic E-state index is 11.3. The number of hydrogen-bond acceptors (Lipinski definition) is 5. The average Bonchev–Trinajstić information content (AvgIpc) is 2.80. The highest BCUT2D eigenvalue weighted by atomic mass is 19.1. The van der Waals surface area contributed by atoms with Crippen molar-refractivity contribution in [3.05, 3.63) is 27.3 Å². The van der Waals surface area contributed by atoms with Crippen LogP contribution >= 0.6 is 0 Å². The summed E-state index contributed by atoms with van der Waals surface area (Å²) in [4.78, 5) is 27.6. The van der Waals surface area contributed by atoms with Gasteiger partial charge >= 0.3 is 11.4 Å². The quantitative estimate of drug-likeness (QED) is 0.712. The van der Waals surface area contributed by atoms with E-state index in [0.29, 0.717) is 20.0 Å². The van der Waals surface area contributed by atoms with Gasteiger partial charge in [-0.25, -0.2) is 9.59 Å². The fraction of sp³-hybridized carbons (Fsp3) is 0.667. The Morgan fingerprint density at radius 1 is 1.59 bits per heavy atom. The van der Waals surface area contributed by atoms with E-state index < -0.39 is 17.6 Å². The van der Waals surface area contributed by atoms with Gasteiger partial charge in [-0.05, 0) is 12.8 Å². The van der Waals surface area contributed by atoms with Crippen LogP contribution in [0.5, 0.6) is 0 Å². The summed E-state index contributed by atoms with van der Waals surface area (Å²) in [5.74, 6) is 0. The molecule has 0 aliphatic carbocycles. The number of aromatic nitrogens is 3. The van der Waals surface area contributed by atoms with Crippen molar-refractivity contribution in [2.45, 2.75) is 25.2 Å². The Morgan fingerprint density at radius 3 is 2.82 bits per heavy atom. The van der Waals surface area contributed by atoms with Crippen LogP contribution in [0.2, 0.25) is 0 Å². The molecule has 17 heavy (non-hydrogen) atoms. The van der Waals surface area contributed by atoms with Gasteiger partial charge in [-0.15, -0.1) is 0 Å². The molecule has 0 saturated carbocycles. The number of halogens is 1. The van der Waals surface area contributed by atoms with Gasteiger partial charge in [0.05, 0.1) is 19.9 Å². The highest BCUT2D eigenvalue weighted by molar-refractivity contribution is 4.76. The van der Waals surface area contributed by atoms with Crippen molar-refractivity contribution in [2.24, 2.45) is 0 Å². The van der Waals surface area contributed by atoms with Gasteiger partial charge in [0.15, 0.2) is 0 Å². The summed E-state index contributed by atoms with van der Waals surface area (Å²) in [5.41, 5.74) is -1.22. The van der Waals surface area contributed by atoms with Crippen molar-refractivity contribution >= 4 is 0 Å². The highest BCUT2D eigenvalue weighted by Gasteiger charge is 2.26. The van der Waals surface area contributed by atoms with Crippen LogP contribution < -0.4 is 11.4 Å². The van der Waals surface area contributed by atoms with Gasteiger partial charge in [0.25, 0.3) is 0 Å². The molecule has 1 fully saturated rings. The Bertz CT molecular complexity index is 458. The summed E-state index contributed by atoms with van der Waals surface area (Å²) < 4.78 is 16.1. The van der Waals surface area contributed by atoms with Gasteiger partial charge in [0.2, 0.25) is 0 Å². The molecule has 0 bridgehead atoms. The summed E-state index contributed by atoms with van der Waals surface area (Å²) in [6, 6.07) is 0. The molecule has 0 spiro atoms. The summed E-state index contributed by atoms with van der Waals surface area (Å²) in [6.07, 6.45) is 1.78. The maximum atomic E-state index is 11.3. The fourth-order valence-electron chi connectivity index (χ4n) is 1.59. The molecule has 8 heteroatoms. The normalized spacial score (nSPS) is 23.0. The van der Waals surface area contributed by atoms with E-state index in [0.717, 1.165) is 6.33 Å². The number of rotatable bonds is 2. The molecule has 1 aliphatic heterocycles. The summed E-state index contributed by atoms with van der Waals surface area (Å²) in [7, 11) is 0.500. The monoisotopic (exact) mass is 247 g/mol. The second kappa shape index (κ2) is 6.26. The molecule has 1 saturated heterocycles. The van der Waals surface area contributed by atoms with E-state index in [1.54, 1.807) is 0 Å². The first-order chi connectivity index (χ1) is 8.20. The van der Waals surface area contributed by atoms with Crippen LogP contribution in [-0.2, 0) is 4.74 Å². The molecule has 2 unspecified atom stereocenters. The predicted octanol–water partition coefficient (Wildman–Crippen LogP) is -0.813. The molecular formula is C9H14FN3O4. The van der Waals surface area contributed by atoms with E-state index in [1.165, 1.54) is 4.57 Å². The van der Waals surface area contributed by atoms with Crippen molar-refractivity contribution in [2.75, 3.05) is 13.8 Å². The largest absolute Gasteiger partial charge is 0.394 e. The molecule has 1 aliphatic rings. The van der Waals surface area contributed by atoms with Crippen molar-refractivity contribution in [1.82, 2.24) is 14.5 Å². The number of aromatic amines is 1. The summed E-state index contributed by atoms with van der Waals surface area (Å²) in [6.45, 7) is -0.0674. The Kier molecular flexibility index (Phi) is 4.98. The van der Waals surface area contributed by atoms with Gasteiger partial charge in [0.1, 0.15) is 12.6 Å². The first-order valence-electron chi connectivity index (χ1n) is 5.02. The van der Waals surface area contributed by atoms with Gasteiger partial charge < -0.3 is 9.84 Å². The lowest BCUT2D eigenvalue weighted by Crippen LogP contribution is -2.33. The van der Waals surface area contributed by atoms with E-state index in [2.05, 4.69) is 4.98 Å². The van der Waals surface area contributed by atoms with E-state index in [-0.39, 0.29) is 12.7 Å². The Labute approximate surface area is 95.9 Å². The van der Waals surface area contributed by atoms with Gasteiger partial charge in [-0.2, -0.15) is 4.98 Å². The fourth-order valence-corrected chi connectivity index (χ4v) is 1.59. The molecule has 2 rings (SSSR count). The average molecular weight is 247 g/mol. The predicted molar refractivity (Wildman–Crippen MR) is 56.4 cm³/mol. The number of aliphatic hydroxyl groups excluding tert-OH is 1. The van der Waals surface area contributed by atoms with Crippen molar-refractivity contribution in [3.63, 3.8) is 0 Å². The van der Waals surface area contributed by atoms with Crippen LogP contribution in [0.4, 0.5) is 4.39 Å². The number of hydrogen-bond donors (Lipinski definition) is 2. The minimum Gasteiger partial charge on any atom is -0.394 e. The summed E-state index contributed by atoms with van der Waals surface area (Å²) >= 11 is 0. The molecule has 2 heterocycles. The SMILES string of the molecule is CF.O=c1ncn(C2CCC(CO)O2)c(=O)[nH]1. The summed E-state index contributed by atoms with van der Waals surface area (Å²) in [5, 5.41) is 8.86. The van der Waals surface area contributed by atoms with Gasteiger partial charge in [0, 0.05) is 0 Å². The van der Waals surface area contributed by atoms with E-state index >= 15 is 0 Å². The first kappa shape index (κ1) is 13.5. The van der Waals surface area contributed by atoms with Crippen molar-refractivity contribution in [3.8, 4) is 0 Å². The molecule has 96 valence electrons. The van der Waals surface area contributed by atoms with Crippen LogP contribution in [0, 0.1) is 0 Å². The van der Waals surface area contributed by atoms with Gasteiger partial charge in [-0.1, -0.05) is 0 Å². The number of ether oxygens (including phenoxy) is 1. The third-order valence-electron chi connectivity index (χ3n) is 2.35. The van der Waals surface area contributed by atoms with Crippen LogP contribution in [0.25, 0.3) is 0 Å². The smallest absolute Gasteiger partial charge is 0.350 e. The lowest BCUT2D eigenvalue weighted by atomic mass is 10.2. The van der Waals surface area contributed by atoms with Crippen LogP contribution in [0.1, 0.15) is 19.1 Å². The Hall–Kier alpha value is -1.54. The zero-order valence-electron chi connectivity index (χ0n) is 9.30. The highest BCUT2D eigenvalue weighted by Crippen LogP contribution is 2.25. The topological polar surface area (TPSA) is 97.2 Å². The zero-order chi connectivity index (χ0) is 12.8. The van der Waals surface area contributed by atoms with E-state index in [4.69, 9.17) is 9.84 Å². The molecule has 0 aromatic carbocycles. The molecule has 2 N–H and O–H groups in total. The lowest BCUT2D eigenvalue weighted by Gasteiger charge is -2.13. The van der Waals surface area contributed by atoms with Crippen LogP contribution in [0.15, 0.2) is 15.9 Å². The second-order valence-electron chi connectivity index (χ2n) is 3.36. The molecule has 1 aromatic heterocycles. The minimum absolute atomic E-state index is 0.0674. The number of H-pyrrole nitrogens is 1. The third-order valence-corrected chi connectivity index (χ3v) is 2.35. The van der Waals surface area contributed by atoms with E-state index in [9.17, 15) is 14.0 Å². The minimum atomic E-state index is -0.673. The molecule has 2 atom stereocenters. The van der Waals surface area contributed by atoms with Crippen molar-refractivity contribution < 1.29 is 14.2 Å². The number of nitrogens with zero attached hydrogens (tertiary/aromatic N) is 2. The van der Waals surface area contributed by atoms with E-state index in [1.807, 2.05) is 4.98 Å².